The van der Waals surface area contributed by atoms with Crippen LogP contribution in [-0.4, -0.2) is 30.6 Å². The van der Waals surface area contributed by atoms with Crippen LogP contribution < -0.4 is 4.90 Å². The molecule has 0 radical (unpaired) electrons. The molecule has 0 bridgehead atoms. The molecular formula is C24H20BrFN2O4S. The third-order valence-corrected chi connectivity index (χ3v) is 8.09. The summed E-state index contributed by atoms with van der Waals surface area (Å²) in [7, 11) is -4.16. The topological polar surface area (TPSA) is 74.8 Å². The Balaban J connectivity index is 1.79. The summed E-state index contributed by atoms with van der Waals surface area (Å²) < 4.78 is 42.7. The molecule has 1 fully saturated rings. The Labute approximate surface area is 199 Å². The lowest BCUT2D eigenvalue weighted by Gasteiger charge is -2.32. The van der Waals surface area contributed by atoms with Gasteiger partial charge in [0.15, 0.2) is 0 Å². The van der Waals surface area contributed by atoms with Gasteiger partial charge in [-0.1, -0.05) is 46.3 Å². The lowest BCUT2D eigenvalue weighted by molar-refractivity contribution is -0.122. The molecule has 2 unspecified atom stereocenters. The lowest BCUT2D eigenvalue weighted by Crippen LogP contribution is -2.46. The largest absolute Gasteiger partial charge is 0.274 e. The summed E-state index contributed by atoms with van der Waals surface area (Å²) in [6.45, 7) is 1.68. The van der Waals surface area contributed by atoms with Crippen molar-refractivity contribution in [1.82, 2.24) is 4.31 Å². The highest BCUT2D eigenvalue weighted by Crippen LogP contribution is 2.35. The molecule has 1 aliphatic heterocycles. The molecule has 9 heteroatoms. The number of amides is 2. The van der Waals surface area contributed by atoms with E-state index in [1.807, 2.05) is 6.07 Å². The van der Waals surface area contributed by atoms with Crippen LogP contribution in [0.5, 0.6) is 0 Å². The average molecular weight is 531 g/mol. The maximum absolute atomic E-state index is 13.8. The van der Waals surface area contributed by atoms with Crippen LogP contribution in [0.4, 0.5) is 10.1 Å². The number of carbonyl (C=O) groups is 2. The van der Waals surface area contributed by atoms with Gasteiger partial charge in [-0.2, -0.15) is 4.31 Å². The van der Waals surface area contributed by atoms with Crippen molar-refractivity contribution in [3.05, 3.63) is 94.7 Å². The quantitative estimate of drug-likeness (QED) is 0.434. The summed E-state index contributed by atoms with van der Waals surface area (Å²) in [6, 6.07) is 18.0. The number of rotatable bonds is 6. The van der Waals surface area contributed by atoms with E-state index in [9.17, 15) is 22.4 Å². The van der Waals surface area contributed by atoms with Gasteiger partial charge < -0.3 is 0 Å². The summed E-state index contributed by atoms with van der Waals surface area (Å²) in [5.41, 5.74) is 0.876. The van der Waals surface area contributed by atoms with Gasteiger partial charge in [-0.3, -0.25) is 9.59 Å². The van der Waals surface area contributed by atoms with E-state index in [1.165, 1.54) is 24.3 Å². The Bertz CT molecular complexity index is 1280. The molecular weight excluding hydrogens is 511 g/mol. The zero-order valence-corrected chi connectivity index (χ0v) is 20.0. The van der Waals surface area contributed by atoms with Gasteiger partial charge in [0.25, 0.3) is 5.91 Å². The fourth-order valence-corrected chi connectivity index (χ4v) is 5.95. The second kappa shape index (κ2) is 9.17. The van der Waals surface area contributed by atoms with Crippen molar-refractivity contribution in [3.8, 4) is 0 Å². The maximum atomic E-state index is 13.8. The molecule has 0 N–H and O–H groups in total. The standard InChI is InChI=1S/C24H20BrFN2O4S/c1-16(17-5-3-2-4-6-17)28(33(31,32)21-13-7-18(25)8-14-21)22-15-23(29)27(24(22)30)20-11-9-19(26)10-12-20/h2-14,16,22H,15H2,1H3. The molecule has 0 aliphatic carbocycles. The van der Waals surface area contributed by atoms with Crippen LogP contribution in [0.15, 0.2) is 88.2 Å². The van der Waals surface area contributed by atoms with Crippen molar-refractivity contribution in [2.24, 2.45) is 0 Å². The molecule has 6 nitrogen and oxygen atoms in total. The number of anilines is 1. The second-order valence-corrected chi connectivity index (χ2v) is 10.4. The van der Waals surface area contributed by atoms with Crippen molar-refractivity contribution in [2.45, 2.75) is 30.3 Å². The smallest absolute Gasteiger partial charge is 0.252 e. The number of sulfonamides is 1. The average Bonchev–Trinajstić information content (AvgIpc) is 3.08. The summed E-state index contributed by atoms with van der Waals surface area (Å²) in [4.78, 5) is 27.2. The maximum Gasteiger partial charge on any atom is 0.252 e. The molecule has 2 atom stereocenters. The van der Waals surface area contributed by atoms with Gasteiger partial charge in [0.05, 0.1) is 17.0 Å². The second-order valence-electron chi connectivity index (χ2n) is 7.64. The third-order valence-electron chi connectivity index (χ3n) is 5.57. The highest BCUT2D eigenvalue weighted by molar-refractivity contribution is 9.10. The molecule has 0 spiro atoms. The van der Waals surface area contributed by atoms with Crippen LogP contribution in [-0.2, 0) is 19.6 Å². The Kier molecular flexibility index (Phi) is 6.47. The van der Waals surface area contributed by atoms with E-state index in [1.54, 1.807) is 43.3 Å². The zero-order chi connectivity index (χ0) is 23.8. The van der Waals surface area contributed by atoms with Crippen molar-refractivity contribution in [2.75, 3.05) is 4.90 Å². The minimum Gasteiger partial charge on any atom is -0.274 e. The van der Waals surface area contributed by atoms with Crippen molar-refractivity contribution < 1.29 is 22.4 Å². The SMILES string of the molecule is CC(c1ccccc1)N(C1CC(=O)N(c2ccc(F)cc2)C1=O)S(=O)(=O)c1ccc(Br)cc1. The highest BCUT2D eigenvalue weighted by atomic mass is 79.9. The van der Waals surface area contributed by atoms with E-state index in [2.05, 4.69) is 15.9 Å². The van der Waals surface area contributed by atoms with Gasteiger partial charge in [-0.05, 0) is 61.0 Å². The number of carbonyl (C=O) groups excluding carboxylic acids is 2. The van der Waals surface area contributed by atoms with Gasteiger partial charge in [-0.15, -0.1) is 0 Å². The van der Waals surface area contributed by atoms with Gasteiger partial charge >= 0.3 is 0 Å². The van der Waals surface area contributed by atoms with Gasteiger partial charge in [-0.25, -0.2) is 17.7 Å². The van der Waals surface area contributed by atoms with E-state index in [0.717, 1.165) is 21.3 Å². The fourth-order valence-electron chi connectivity index (χ4n) is 3.93. The van der Waals surface area contributed by atoms with E-state index < -0.39 is 39.7 Å². The first-order valence-corrected chi connectivity index (χ1v) is 12.4. The molecule has 1 saturated heterocycles. The van der Waals surface area contributed by atoms with Gasteiger partial charge in [0.1, 0.15) is 11.9 Å². The fraction of sp³-hybridized carbons (Fsp3) is 0.167. The number of hydrogen-bond donors (Lipinski definition) is 0. The van der Waals surface area contributed by atoms with Crippen molar-refractivity contribution in [3.63, 3.8) is 0 Å². The first kappa shape index (κ1) is 23.3. The van der Waals surface area contributed by atoms with Crippen LogP contribution in [0.2, 0.25) is 0 Å². The third kappa shape index (κ3) is 4.48. The highest BCUT2D eigenvalue weighted by Gasteiger charge is 2.48. The van der Waals surface area contributed by atoms with E-state index in [-0.39, 0.29) is 17.0 Å². The molecule has 3 aromatic carbocycles. The molecule has 1 heterocycles. The Morgan fingerprint density at radius 3 is 2.18 bits per heavy atom. The summed E-state index contributed by atoms with van der Waals surface area (Å²) in [5.74, 6) is -1.73. The number of benzene rings is 3. The molecule has 0 saturated carbocycles. The first-order valence-electron chi connectivity index (χ1n) is 10.2. The molecule has 33 heavy (non-hydrogen) atoms. The Hall–Kier alpha value is -2.88. The minimum absolute atomic E-state index is 0.00830. The van der Waals surface area contributed by atoms with E-state index in [0.29, 0.717) is 10.0 Å². The minimum atomic E-state index is -4.16. The van der Waals surface area contributed by atoms with E-state index in [4.69, 9.17) is 0 Å². The Morgan fingerprint density at radius 1 is 0.970 bits per heavy atom. The predicted molar refractivity (Wildman–Crippen MR) is 125 cm³/mol. The Morgan fingerprint density at radius 2 is 1.58 bits per heavy atom. The summed E-state index contributed by atoms with van der Waals surface area (Å²) in [5, 5.41) is 0. The van der Waals surface area contributed by atoms with Crippen molar-refractivity contribution in [1.29, 1.82) is 0 Å². The first-order chi connectivity index (χ1) is 15.7. The molecule has 4 rings (SSSR count). The van der Waals surface area contributed by atoms with E-state index >= 15 is 0 Å². The molecule has 1 aliphatic rings. The number of hydrogen-bond acceptors (Lipinski definition) is 4. The van der Waals surface area contributed by atoms with Crippen LogP contribution in [0.1, 0.15) is 24.9 Å². The summed E-state index contributed by atoms with van der Waals surface area (Å²) >= 11 is 3.30. The van der Waals surface area contributed by atoms with Crippen LogP contribution in [0.25, 0.3) is 0 Å². The van der Waals surface area contributed by atoms with Crippen LogP contribution in [0, 0.1) is 5.82 Å². The monoisotopic (exact) mass is 530 g/mol. The normalized spacial score (nSPS) is 17.6. The number of nitrogens with zero attached hydrogens (tertiary/aromatic N) is 2. The molecule has 3 aromatic rings. The molecule has 0 aromatic heterocycles. The van der Waals surface area contributed by atoms with Crippen LogP contribution >= 0.6 is 15.9 Å². The molecule has 2 amide bonds. The van der Waals surface area contributed by atoms with Crippen LogP contribution in [0.3, 0.4) is 0 Å². The zero-order valence-electron chi connectivity index (χ0n) is 17.6. The molecule has 170 valence electrons. The van der Waals surface area contributed by atoms with Crippen molar-refractivity contribution >= 4 is 43.5 Å². The van der Waals surface area contributed by atoms with Gasteiger partial charge in [0.2, 0.25) is 15.9 Å². The number of halogens is 2. The summed E-state index contributed by atoms with van der Waals surface area (Å²) in [6.07, 6.45) is -0.316. The predicted octanol–water partition coefficient (Wildman–Crippen LogP) is 4.67. The van der Waals surface area contributed by atoms with Gasteiger partial charge in [0, 0.05) is 10.5 Å². The lowest BCUT2D eigenvalue weighted by atomic mass is 10.1. The number of imide groups is 1.